The van der Waals surface area contributed by atoms with E-state index in [2.05, 4.69) is 25.3 Å². The Morgan fingerprint density at radius 2 is 1.58 bits per heavy atom. The number of carbonyl (C=O) groups is 1. The van der Waals surface area contributed by atoms with Gasteiger partial charge in [-0.2, -0.15) is 0 Å². The minimum atomic E-state index is -0.0592. The molecule has 4 aromatic rings. The summed E-state index contributed by atoms with van der Waals surface area (Å²) in [7, 11) is 0. The zero-order valence-electron chi connectivity index (χ0n) is 13.2. The number of benzene rings is 1. The Morgan fingerprint density at radius 1 is 0.958 bits per heavy atom. The Bertz CT molecular complexity index is 1040. The lowest BCUT2D eigenvalue weighted by Crippen LogP contribution is -2.12. The average molecular weight is 317 g/mol. The maximum atomic E-state index is 11.8. The van der Waals surface area contributed by atoms with Gasteiger partial charge in [0.25, 0.3) is 0 Å². The highest BCUT2D eigenvalue weighted by molar-refractivity contribution is 6.20. The number of hydrogen-bond donors (Lipinski definition) is 1. The molecule has 0 radical (unpaired) electrons. The van der Waals surface area contributed by atoms with Crippen molar-refractivity contribution in [2.45, 2.75) is 19.8 Å². The average Bonchev–Trinajstić information content (AvgIpc) is 2.62. The number of amides is 1. The van der Waals surface area contributed by atoms with Gasteiger partial charge in [0.15, 0.2) is 5.82 Å². The fourth-order valence-electron chi connectivity index (χ4n) is 2.84. The lowest BCUT2D eigenvalue weighted by molar-refractivity contribution is -0.116. The van der Waals surface area contributed by atoms with Crippen molar-refractivity contribution < 1.29 is 4.79 Å². The summed E-state index contributed by atoms with van der Waals surface area (Å²) in [6.45, 7) is 1.96. The zero-order valence-corrected chi connectivity index (χ0v) is 13.2. The number of carbonyl (C=O) groups excluding carboxylic acids is 1. The van der Waals surface area contributed by atoms with Crippen LogP contribution in [0, 0.1) is 0 Å². The van der Waals surface area contributed by atoms with Crippen LogP contribution in [0.1, 0.15) is 19.8 Å². The van der Waals surface area contributed by atoms with Gasteiger partial charge in [-0.1, -0.05) is 6.92 Å². The summed E-state index contributed by atoms with van der Waals surface area (Å²) in [5.74, 6) is 0.394. The summed E-state index contributed by atoms with van der Waals surface area (Å²) >= 11 is 0. The van der Waals surface area contributed by atoms with E-state index in [4.69, 9.17) is 0 Å². The normalized spacial score (nSPS) is 11.2. The summed E-state index contributed by atoms with van der Waals surface area (Å²) < 4.78 is 0. The molecule has 0 unspecified atom stereocenters. The highest BCUT2D eigenvalue weighted by Crippen LogP contribution is 2.30. The van der Waals surface area contributed by atoms with Gasteiger partial charge in [0.1, 0.15) is 5.52 Å². The third-order valence-corrected chi connectivity index (χ3v) is 3.87. The molecule has 0 aliphatic rings. The second-order valence-electron chi connectivity index (χ2n) is 5.55. The largest absolute Gasteiger partial charge is 0.309 e. The van der Waals surface area contributed by atoms with E-state index < -0.39 is 0 Å². The summed E-state index contributed by atoms with van der Waals surface area (Å²) in [6.07, 6.45) is 6.32. The third-order valence-electron chi connectivity index (χ3n) is 3.87. The number of hydrogen-bond acceptors (Lipinski definition) is 5. The Labute approximate surface area is 138 Å². The van der Waals surface area contributed by atoms with Crippen LogP contribution in [0.15, 0.2) is 42.9 Å². The fraction of sp³-hybridized carbons (Fsp3) is 0.167. The first-order valence-corrected chi connectivity index (χ1v) is 7.86. The molecule has 0 fully saturated rings. The van der Waals surface area contributed by atoms with E-state index in [1.54, 1.807) is 18.6 Å². The van der Waals surface area contributed by atoms with Crippen LogP contribution in [0.25, 0.3) is 32.8 Å². The molecule has 24 heavy (non-hydrogen) atoms. The van der Waals surface area contributed by atoms with Crippen molar-refractivity contribution in [3.8, 4) is 0 Å². The van der Waals surface area contributed by atoms with Crippen LogP contribution >= 0.6 is 0 Å². The summed E-state index contributed by atoms with van der Waals surface area (Å²) in [5, 5.41) is 4.57. The molecule has 0 aliphatic carbocycles. The number of anilines is 1. The number of fused-ring (bicyclic) bond motifs is 6. The Hall–Kier alpha value is -3.15. The molecular weight excluding hydrogens is 302 g/mol. The third kappa shape index (κ3) is 2.32. The van der Waals surface area contributed by atoms with E-state index in [0.29, 0.717) is 17.8 Å². The molecule has 0 saturated heterocycles. The number of pyridine rings is 2. The maximum Gasteiger partial charge on any atom is 0.225 e. The summed E-state index contributed by atoms with van der Waals surface area (Å²) in [5.41, 5.74) is 3.06. The van der Waals surface area contributed by atoms with Crippen molar-refractivity contribution in [2.24, 2.45) is 0 Å². The van der Waals surface area contributed by atoms with E-state index in [1.165, 1.54) is 0 Å². The lowest BCUT2D eigenvalue weighted by atomic mass is 10.1. The molecule has 1 amide bonds. The quantitative estimate of drug-likeness (QED) is 0.585. The zero-order chi connectivity index (χ0) is 16.5. The molecule has 0 spiro atoms. The second-order valence-corrected chi connectivity index (χ2v) is 5.55. The topological polar surface area (TPSA) is 80.7 Å². The van der Waals surface area contributed by atoms with Gasteiger partial charge in [-0.15, -0.1) is 0 Å². The number of nitrogens with zero attached hydrogens (tertiary/aromatic N) is 4. The Morgan fingerprint density at radius 3 is 2.25 bits per heavy atom. The van der Waals surface area contributed by atoms with E-state index >= 15 is 0 Å². The smallest absolute Gasteiger partial charge is 0.225 e. The van der Waals surface area contributed by atoms with Crippen molar-refractivity contribution >= 4 is 44.6 Å². The van der Waals surface area contributed by atoms with Crippen LogP contribution in [0.2, 0.25) is 0 Å². The van der Waals surface area contributed by atoms with Gasteiger partial charge in [-0.3, -0.25) is 19.7 Å². The Balaban J connectivity index is 2.01. The first-order valence-electron chi connectivity index (χ1n) is 7.86. The van der Waals surface area contributed by atoms with Crippen molar-refractivity contribution in [1.82, 2.24) is 19.9 Å². The molecule has 6 heteroatoms. The van der Waals surface area contributed by atoms with Crippen LogP contribution in [-0.2, 0) is 4.79 Å². The first-order chi connectivity index (χ1) is 11.8. The van der Waals surface area contributed by atoms with E-state index in [0.717, 1.165) is 33.7 Å². The number of rotatable bonds is 3. The molecular formula is C18H15N5O. The highest BCUT2D eigenvalue weighted by Gasteiger charge is 2.13. The minimum absolute atomic E-state index is 0.0592. The molecule has 118 valence electrons. The molecule has 1 N–H and O–H groups in total. The van der Waals surface area contributed by atoms with Gasteiger partial charge in [-0.25, -0.2) is 4.98 Å². The molecule has 0 saturated carbocycles. The Kier molecular flexibility index (Phi) is 3.49. The van der Waals surface area contributed by atoms with Crippen molar-refractivity contribution in [1.29, 1.82) is 0 Å². The number of aromatic nitrogens is 4. The van der Waals surface area contributed by atoms with Crippen molar-refractivity contribution in [2.75, 3.05) is 5.32 Å². The summed E-state index contributed by atoms with van der Waals surface area (Å²) in [4.78, 5) is 29.9. The lowest BCUT2D eigenvalue weighted by Gasteiger charge is -2.09. The number of nitrogens with one attached hydrogen (secondary N) is 1. The van der Waals surface area contributed by atoms with E-state index in [-0.39, 0.29) is 5.91 Å². The van der Waals surface area contributed by atoms with Gasteiger partial charge in [-0.05, 0) is 30.7 Å². The molecule has 3 heterocycles. The van der Waals surface area contributed by atoms with Gasteiger partial charge in [0, 0.05) is 29.6 Å². The van der Waals surface area contributed by atoms with Crippen LogP contribution in [0.5, 0.6) is 0 Å². The maximum absolute atomic E-state index is 11.8. The van der Waals surface area contributed by atoms with Gasteiger partial charge in [0.05, 0.1) is 22.7 Å². The van der Waals surface area contributed by atoms with Crippen molar-refractivity contribution in [3.05, 3.63) is 42.9 Å². The van der Waals surface area contributed by atoms with Gasteiger partial charge < -0.3 is 5.32 Å². The van der Waals surface area contributed by atoms with Crippen LogP contribution in [0.3, 0.4) is 0 Å². The van der Waals surface area contributed by atoms with Crippen LogP contribution < -0.4 is 5.32 Å². The van der Waals surface area contributed by atoms with Gasteiger partial charge >= 0.3 is 0 Å². The molecule has 0 bridgehead atoms. The predicted molar refractivity (Wildman–Crippen MR) is 93.7 cm³/mol. The van der Waals surface area contributed by atoms with Crippen molar-refractivity contribution in [3.63, 3.8) is 0 Å². The standard InChI is InChI=1S/C18H15N5O/c1-2-5-14(24)22-13-10-21-17-11-6-3-8-19-15(11)16-12(18(17)23-13)7-4-9-20-16/h3-4,6-10H,2,5H2,1H3,(H,22,23,24). The van der Waals surface area contributed by atoms with Crippen LogP contribution in [0.4, 0.5) is 5.82 Å². The van der Waals surface area contributed by atoms with E-state index in [9.17, 15) is 4.79 Å². The SMILES string of the molecule is CCCC(=O)Nc1cnc2c3cccnc3c3ncccc3c2n1. The molecule has 0 atom stereocenters. The monoisotopic (exact) mass is 317 g/mol. The first kappa shape index (κ1) is 14.4. The second kappa shape index (κ2) is 5.81. The van der Waals surface area contributed by atoms with Crippen LogP contribution in [-0.4, -0.2) is 25.8 Å². The minimum Gasteiger partial charge on any atom is -0.309 e. The molecule has 1 aromatic carbocycles. The molecule has 3 aromatic heterocycles. The fourth-order valence-corrected chi connectivity index (χ4v) is 2.84. The van der Waals surface area contributed by atoms with E-state index in [1.807, 2.05) is 31.2 Å². The van der Waals surface area contributed by atoms with Gasteiger partial charge in [0.2, 0.25) is 5.91 Å². The molecule has 4 rings (SSSR count). The summed E-state index contributed by atoms with van der Waals surface area (Å²) in [6, 6.07) is 7.64. The molecule has 6 nitrogen and oxygen atoms in total. The molecule has 0 aliphatic heterocycles. The highest BCUT2D eigenvalue weighted by atomic mass is 16.1. The predicted octanol–water partition coefficient (Wildman–Crippen LogP) is 3.46.